The molecule has 2 aliphatic rings. The largest absolute Gasteiger partial charge is 0.459 e. The van der Waals surface area contributed by atoms with Crippen molar-refractivity contribution in [3.05, 3.63) is 17.9 Å². The highest BCUT2D eigenvalue weighted by Gasteiger charge is 2.37. The van der Waals surface area contributed by atoms with Gasteiger partial charge in [0.05, 0.1) is 0 Å². The van der Waals surface area contributed by atoms with Gasteiger partial charge in [0.15, 0.2) is 0 Å². The first-order valence-corrected chi connectivity index (χ1v) is 5.30. The van der Waals surface area contributed by atoms with E-state index < -0.39 is 0 Å². The minimum Gasteiger partial charge on any atom is -0.459 e. The Morgan fingerprint density at radius 2 is 2.21 bits per heavy atom. The fraction of sp³-hybridized carbons (Fsp3) is 0.636. The lowest BCUT2D eigenvalue weighted by Gasteiger charge is -2.26. The molecule has 0 bridgehead atoms. The Morgan fingerprint density at radius 1 is 1.43 bits per heavy atom. The molecule has 14 heavy (non-hydrogen) atoms. The Labute approximate surface area is 83.4 Å². The highest BCUT2D eigenvalue weighted by Crippen LogP contribution is 2.48. The summed E-state index contributed by atoms with van der Waals surface area (Å²) in [4.78, 5) is 0. The first-order chi connectivity index (χ1) is 6.83. The monoisotopic (exact) mass is 193 g/mol. The van der Waals surface area contributed by atoms with Gasteiger partial charge in [-0.25, -0.2) is 0 Å². The number of hydrogen-bond donors (Lipinski definition) is 1. The molecule has 0 spiro atoms. The lowest BCUT2D eigenvalue weighted by Crippen LogP contribution is -2.50. The van der Waals surface area contributed by atoms with Crippen molar-refractivity contribution in [2.75, 3.05) is 13.1 Å². The van der Waals surface area contributed by atoms with Gasteiger partial charge in [-0.15, -0.1) is 0 Å². The van der Waals surface area contributed by atoms with Crippen LogP contribution in [-0.2, 0) is 0 Å². The molecular weight excluding hydrogens is 178 g/mol. The van der Waals surface area contributed by atoms with E-state index in [0.717, 1.165) is 24.8 Å². The van der Waals surface area contributed by atoms with Crippen LogP contribution in [0, 0.1) is 5.92 Å². The van der Waals surface area contributed by atoms with Crippen molar-refractivity contribution in [1.82, 2.24) is 5.32 Å². The molecule has 1 saturated carbocycles. The molecule has 2 heterocycles. The molecule has 1 N–H and O–H groups in total. The molecule has 2 atom stereocenters. The molecule has 3 heteroatoms. The summed E-state index contributed by atoms with van der Waals surface area (Å²) in [5, 5.41) is 3.16. The number of rotatable bonds is 3. The Kier molecular flexibility index (Phi) is 1.80. The van der Waals surface area contributed by atoms with E-state index in [1.807, 2.05) is 6.07 Å². The Hall–Kier alpha value is -0.960. The summed E-state index contributed by atoms with van der Waals surface area (Å²) < 4.78 is 11.2. The van der Waals surface area contributed by atoms with Gasteiger partial charge in [-0.05, 0) is 18.4 Å². The third-order valence-corrected chi connectivity index (χ3v) is 3.10. The summed E-state index contributed by atoms with van der Waals surface area (Å²) in [5.41, 5.74) is 0. The molecule has 0 radical (unpaired) electrons. The van der Waals surface area contributed by atoms with Crippen molar-refractivity contribution < 1.29 is 9.15 Å². The topological polar surface area (TPSA) is 34.4 Å². The van der Waals surface area contributed by atoms with Crippen LogP contribution in [0.4, 0.5) is 0 Å². The molecule has 1 aliphatic carbocycles. The quantitative estimate of drug-likeness (QED) is 0.794. The standard InChI is InChI=1S/C11H15NO2/c1-7-4-9(7)10-2-3-11(14-10)13-8-5-12-6-8/h2-3,7-9,12H,4-6H2,1H3. The van der Waals surface area contributed by atoms with Crippen LogP contribution in [0.2, 0.25) is 0 Å². The molecule has 0 amide bonds. The number of hydrogen-bond acceptors (Lipinski definition) is 3. The predicted molar refractivity (Wildman–Crippen MR) is 52.5 cm³/mol. The van der Waals surface area contributed by atoms with Crippen molar-refractivity contribution in [2.24, 2.45) is 5.92 Å². The molecule has 0 aromatic carbocycles. The summed E-state index contributed by atoms with van der Waals surface area (Å²) in [6.07, 6.45) is 1.57. The number of furan rings is 1. The average Bonchev–Trinajstić information content (AvgIpc) is 2.65. The van der Waals surface area contributed by atoms with Gasteiger partial charge in [0.25, 0.3) is 5.95 Å². The minimum atomic E-state index is 0.311. The molecule has 2 unspecified atom stereocenters. The zero-order valence-electron chi connectivity index (χ0n) is 8.32. The SMILES string of the molecule is CC1CC1c1ccc(OC2CNC2)o1. The van der Waals surface area contributed by atoms with Gasteiger partial charge in [0.2, 0.25) is 0 Å². The molecule has 1 saturated heterocycles. The Morgan fingerprint density at radius 3 is 2.79 bits per heavy atom. The van der Waals surface area contributed by atoms with Gasteiger partial charge in [0, 0.05) is 25.1 Å². The van der Waals surface area contributed by atoms with E-state index in [1.165, 1.54) is 6.42 Å². The first-order valence-electron chi connectivity index (χ1n) is 5.30. The molecule has 1 aromatic heterocycles. The van der Waals surface area contributed by atoms with Gasteiger partial charge >= 0.3 is 0 Å². The fourth-order valence-corrected chi connectivity index (χ4v) is 1.83. The zero-order valence-corrected chi connectivity index (χ0v) is 8.32. The van der Waals surface area contributed by atoms with Crippen LogP contribution in [0.3, 0.4) is 0 Å². The lowest BCUT2D eigenvalue weighted by atomic mass is 10.2. The highest BCUT2D eigenvalue weighted by atomic mass is 16.6. The van der Waals surface area contributed by atoms with Crippen LogP contribution in [0.5, 0.6) is 5.95 Å². The van der Waals surface area contributed by atoms with Crippen molar-refractivity contribution in [3.63, 3.8) is 0 Å². The van der Waals surface area contributed by atoms with Crippen LogP contribution in [0.15, 0.2) is 16.5 Å². The smallest absolute Gasteiger partial charge is 0.284 e. The summed E-state index contributed by atoms with van der Waals surface area (Å²) in [5.74, 6) is 3.22. The molecule has 1 aromatic rings. The second kappa shape index (κ2) is 3.02. The second-order valence-corrected chi connectivity index (χ2v) is 4.37. The first kappa shape index (κ1) is 8.36. The van der Waals surface area contributed by atoms with Crippen LogP contribution in [0.25, 0.3) is 0 Å². The molecule has 2 fully saturated rings. The van der Waals surface area contributed by atoms with E-state index in [9.17, 15) is 0 Å². The maximum Gasteiger partial charge on any atom is 0.284 e. The fourth-order valence-electron chi connectivity index (χ4n) is 1.83. The zero-order chi connectivity index (χ0) is 9.54. The second-order valence-electron chi connectivity index (χ2n) is 4.37. The normalized spacial score (nSPS) is 31.2. The van der Waals surface area contributed by atoms with Gasteiger partial charge in [0.1, 0.15) is 11.9 Å². The van der Waals surface area contributed by atoms with Crippen molar-refractivity contribution in [2.45, 2.75) is 25.4 Å². The number of ether oxygens (including phenoxy) is 1. The van der Waals surface area contributed by atoms with E-state index in [-0.39, 0.29) is 0 Å². The van der Waals surface area contributed by atoms with Crippen LogP contribution < -0.4 is 10.1 Å². The van der Waals surface area contributed by atoms with Gasteiger partial charge < -0.3 is 14.5 Å². The molecule has 76 valence electrons. The van der Waals surface area contributed by atoms with E-state index in [2.05, 4.69) is 18.3 Å². The van der Waals surface area contributed by atoms with Gasteiger partial charge in [-0.1, -0.05) is 6.92 Å². The summed E-state index contributed by atoms with van der Waals surface area (Å²) in [7, 11) is 0. The molecule has 3 nitrogen and oxygen atoms in total. The Balaban J connectivity index is 1.64. The summed E-state index contributed by atoms with van der Waals surface area (Å²) >= 11 is 0. The van der Waals surface area contributed by atoms with Crippen LogP contribution >= 0.6 is 0 Å². The van der Waals surface area contributed by atoms with E-state index in [0.29, 0.717) is 18.0 Å². The summed E-state index contributed by atoms with van der Waals surface area (Å²) in [6, 6.07) is 3.99. The Bertz CT molecular complexity index is 330. The maximum atomic E-state index is 5.63. The van der Waals surface area contributed by atoms with Crippen molar-refractivity contribution >= 4 is 0 Å². The van der Waals surface area contributed by atoms with Crippen LogP contribution in [-0.4, -0.2) is 19.2 Å². The summed E-state index contributed by atoms with van der Waals surface area (Å²) in [6.45, 7) is 4.13. The third-order valence-electron chi connectivity index (χ3n) is 3.10. The number of nitrogens with one attached hydrogen (secondary N) is 1. The van der Waals surface area contributed by atoms with Crippen LogP contribution in [0.1, 0.15) is 25.0 Å². The molecular formula is C11H15NO2. The predicted octanol–water partition coefficient (Wildman–Crippen LogP) is 1.75. The highest BCUT2D eigenvalue weighted by molar-refractivity contribution is 5.20. The van der Waals surface area contributed by atoms with E-state index in [4.69, 9.17) is 9.15 Å². The van der Waals surface area contributed by atoms with E-state index >= 15 is 0 Å². The molecule has 3 rings (SSSR count). The third kappa shape index (κ3) is 1.42. The maximum absolute atomic E-state index is 5.63. The average molecular weight is 193 g/mol. The van der Waals surface area contributed by atoms with Gasteiger partial charge in [-0.2, -0.15) is 0 Å². The van der Waals surface area contributed by atoms with Gasteiger partial charge in [-0.3, -0.25) is 0 Å². The van der Waals surface area contributed by atoms with E-state index in [1.54, 1.807) is 0 Å². The molecule has 1 aliphatic heterocycles. The minimum absolute atomic E-state index is 0.311. The lowest BCUT2D eigenvalue weighted by molar-refractivity contribution is 0.107. The van der Waals surface area contributed by atoms with Crippen molar-refractivity contribution in [1.29, 1.82) is 0 Å². The van der Waals surface area contributed by atoms with Crippen molar-refractivity contribution in [3.8, 4) is 5.95 Å².